The van der Waals surface area contributed by atoms with E-state index in [1.165, 1.54) is 0 Å². The zero-order chi connectivity index (χ0) is 14.0. The normalized spacial score (nSPS) is 19.5. The van der Waals surface area contributed by atoms with Gasteiger partial charge < -0.3 is 10.6 Å². The lowest BCUT2D eigenvalue weighted by atomic mass is 10.1. The fourth-order valence-corrected chi connectivity index (χ4v) is 1.96. The van der Waals surface area contributed by atoms with Crippen LogP contribution in [0.15, 0.2) is 18.2 Å². The first-order valence-electron chi connectivity index (χ1n) is 5.79. The zero-order valence-corrected chi connectivity index (χ0v) is 9.85. The Morgan fingerprint density at radius 3 is 2.68 bits per heavy atom. The van der Waals surface area contributed by atoms with Crippen molar-refractivity contribution in [2.24, 2.45) is 0 Å². The fourth-order valence-electron chi connectivity index (χ4n) is 1.96. The van der Waals surface area contributed by atoms with Gasteiger partial charge in [-0.15, -0.1) is 0 Å². The third-order valence-corrected chi connectivity index (χ3v) is 2.92. The van der Waals surface area contributed by atoms with Gasteiger partial charge in [0.05, 0.1) is 11.6 Å². The molecule has 1 aromatic rings. The predicted molar refractivity (Wildman–Crippen MR) is 61.1 cm³/mol. The molecule has 0 aliphatic carbocycles. The van der Waals surface area contributed by atoms with Crippen molar-refractivity contribution in [3.63, 3.8) is 0 Å². The molecule has 2 N–H and O–H groups in total. The third kappa shape index (κ3) is 3.23. The van der Waals surface area contributed by atoms with Gasteiger partial charge in [-0.1, -0.05) is 0 Å². The Labute approximate surface area is 107 Å². The minimum absolute atomic E-state index is 0.0626. The molecule has 0 saturated carbocycles. The molecule has 1 heterocycles. The van der Waals surface area contributed by atoms with Crippen LogP contribution in [0.25, 0.3) is 0 Å². The molecule has 1 fully saturated rings. The number of anilines is 1. The Morgan fingerprint density at radius 2 is 2.11 bits per heavy atom. The van der Waals surface area contributed by atoms with E-state index in [0.717, 1.165) is 12.5 Å². The summed E-state index contributed by atoms with van der Waals surface area (Å²) in [5.74, 6) is -1.76. The number of alkyl halides is 3. The molecular formula is C12H12F4N2O. The standard InChI is InChI=1S/C12H12F4N2O/c13-9-4-3-7(6-8(9)12(14,15)16)18-11(19)10-2-1-5-17-10/h3-4,6,10,17H,1-2,5H2,(H,18,19)/t10-/m0/s1. The van der Waals surface area contributed by atoms with Crippen molar-refractivity contribution in [3.05, 3.63) is 29.6 Å². The molecule has 104 valence electrons. The highest BCUT2D eigenvalue weighted by Crippen LogP contribution is 2.33. The molecule has 7 heteroatoms. The smallest absolute Gasteiger partial charge is 0.325 e. The number of rotatable bonds is 2. The van der Waals surface area contributed by atoms with Crippen LogP contribution in [0.4, 0.5) is 23.2 Å². The Morgan fingerprint density at radius 1 is 1.37 bits per heavy atom. The van der Waals surface area contributed by atoms with Gasteiger partial charge in [-0.25, -0.2) is 4.39 Å². The average Bonchev–Trinajstić information content (AvgIpc) is 2.83. The van der Waals surface area contributed by atoms with E-state index in [-0.39, 0.29) is 5.69 Å². The third-order valence-electron chi connectivity index (χ3n) is 2.92. The van der Waals surface area contributed by atoms with Crippen LogP contribution in [0, 0.1) is 5.82 Å². The van der Waals surface area contributed by atoms with Crippen LogP contribution in [-0.2, 0) is 11.0 Å². The molecule has 1 amide bonds. The van der Waals surface area contributed by atoms with Gasteiger partial charge in [0.2, 0.25) is 5.91 Å². The summed E-state index contributed by atoms with van der Waals surface area (Å²) in [4.78, 5) is 11.7. The van der Waals surface area contributed by atoms with Gasteiger partial charge in [-0.05, 0) is 37.6 Å². The Hall–Kier alpha value is -1.63. The van der Waals surface area contributed by atoms with E-state index in [0.29, 0.717) is 25.1 Å². The second kappa shape index (κ2) is 5.16. The molecule has 0 radical (unpaired) electrons. The van der Waals surface area contributed by atoms with Crippen LogP contribution < -0.4 is 10.6 Å². The first kappa shape index (κ1) is 13.8. The van der Waals surface area contributed by atoms with Crippen molar-refractivity contribution < 1.29 is 22.4 Å². The first-order valence-corrected chi connectivity index (χ1v) is 5.79. The molecule has 1 atom stereocenters. The number of carbonyl (C=O) groups is 1. The summed E-state index contributed by atoms with van der Waals surface area (Å²) in [6.45, 7) is 0.704. The SMILES string of the molecule is O=C(Nc1ccc(F)c(C(F)(F)F)c1)[C@@H]1CCCN1. The minimum Gasteiger partial charge on any atom is -0.325 e. The van der Waals surface area contributed by atoms with Crippen molar-refractivity contribution in [2.75, 3.05) is 11.9 Å². The number of carbonyl (C=O) groups excluding carboxylic acids is 1. The summed E-state index contributed by atoms with van der Waals surface area (Å²) in [7, 11) is 0. The summed E-state index contributed by atoms with van der Waals surface area (Å²) < 4.78 is 50.6. The molecular weight excluding hydrogens is 264 g/mol. The van der Waals surface area contributed by atoms with Crippen LogP contribution in [0.2, 0.25) is 0 Å². The molecule has 0 spiro atoms. The van der Waals surface area contributed by atoms with Crippen LogP contribution in [-0.4, -0.2) is 18.5 Å². The van der Waals surface area contributed by atoms with Crippen LogP contribution in [0.3, 0.4) is 0 Å². The van der Waals surface area contributed by atoms with Gasteiger partial charge in [0.15, 0.2) is 0 Å². The maximum atomic E-state index is 13.1. The van der Waals surface area contributed by atoms with Crippen LogP contribution in [0.5, 0.6) is 0 Å². The van der Waals surface area contributed by atoms with Crippen molar-refractivity contribution >= 4 is 11.6 Å². The molecule has 1 saturated heterocycles. The molecule has 3 nitrogen and oxygen atoms in total. The van der Waals surface area contributed by atoms with Gasteiger partial charge in [0.25, 0.3) is 0 Å². The van der Waals surface area contributed by atoms with E-state index in [2.05, 4.69) is 10.6 Å². The number of hydrogen-bond acceptors (Lipinski definition) is 2. The molecule has 0 bridgehead atoms. The number of nitrogens with one attached hydrogen (secondary N) is 2. The van der Waals surface area contributed by atoms with E-state index < -0.39 is 29.5 Å². The lowest BCUT2D eigenvalue weighted by molar-refractivity contribution is -0.140. The number of hydrogen-bond donors (Lipinski definition) is 2. The van der Waals surface area contributed by atoms with Gasteiger partial charge in [-0.2, -0.15) is 13.2 Å². The van der Waals surface area contributed by atoms with E-state index in [4.69, 9.17) is 0 Å². The van der Waals surface area contributed by atoms with Crippen molar-refractivity contribution in [1.82, 2.24) is 5.32 Å². The summed E-state index contributed by atoms with van der Waals surface area (Å²) in [6.07, 6.45) is -3.30. The van der Waals surface area contributed by atoms with E-state index in [1.807, 2.05) is 0 Å². The summed E-state index contributed by atoms with van der Waals surface area (Å²) in [6, 6.07) is 2.00. The van der Waals surface area contributed by atoms with Crippen molar-refractivity contribution in [1.29, 1.82) is 0 Å². The minimum atomic E-state index is -4.78. The number of halogens is 4. The van der Waals surface area contributed by atoms with Crippen LogP contribution in [0.1, 0.15) is 18.4 Å². The largest absolute Gasteiger partial charge is 0.419 e. The van der Waals surface area contributed by atoms with Crippen molar-refractivity contribution in [3.8, 4) is 0 Å². The second-order valence-electron chi connectivity index (χ2n) is 4.33. The molecule has 0 unspecified atom stereocenters. The highest BCUT2D eigenvalue weighted by molar-refractivity contribution is 5.95. The summed E-state index contributed by atoms with van der Waals surface area (Å²) >= 11 is 0. The lowest BCUT2D eigenvalue weighted by Crippen LogP contribution is -2.35. The molecule has 19 heavy (non-hydrogen) atoms. The van der Waals surface area contributed by atoms with Crippen LogP contribution >= 0.6 is 0 Å². The maximum absolute atomic E-state index is 13.1. The summed E-state index contributed by atoms with van der Waals surface area (Å²) in [5.41, 5.74) is -1.45. The van der Waals surface area contributed by atoms with Crippen molar-refractivity contribution in [2.45, 2.75) is 25.1 Å². The molecule has 1 aliphatic heterocycles. The lowest BCUT2D eigenvalue weighted by Gasteiger charge is -2.13. The molecule has 2 rings (SSSR count). The van der Waals surface area contributed by atoms with Gasteiger partial charge in [-0.3, -0.25) is 4.79 Å². The summed E-state index contributed by atoms with van der Waals surface area (Å²) in [5, 5.41) is 5.28. The fraction of sp³-hybridized carbons (Fsp3) is 0.417. The zero-order valence-electron chi connectivity index (χ0n) is 9.85. The Bertz CT molecular complexity index is 481. The average molecular weight is 276 g/mol. The number of amides is 1. The second-order valence-corrected chi connectivity index (χ2v) is 4.33. The highest BCUT2D eigenvalue weighted by Gasteiger charge is 2.34. The van der Waals surface area contributed by atoms with E-state index in [1.54, 1.807) is 0 Å². The van der Waals surface area contributed by atoms with Gasteiger partial charge >= 0.3 is 6.18 Å². The number of benzene rings is 1. The highest BCUT2D eigenvalue weighted by atomic mass is 19.4. The topological polar surface area (TPSA) is 41.1 Å². The van der Waals surface area contributed by atoms with E-state index >= 15 is 0 Å². The van der Waals surface area contributed by atoms with Gasteiger partial charge in [0.1, 0.15) is 5.82 Å². The Balaban J connectivity index is 2.15. The molecule has 0 aromatic heterocycles. The van der Waals surface area contributed by atoms with E-state index in [9.17, 15) is 22.4 Å². The monoisotopic (exact) mass is 276 g/mol. The first-order chi connectivity index (χ1) is 8.88. The Kier molecular flexibility index (Phi) is 3.75. The van der Waals surface area contributed by atoms with Gasteiger partial charge in [0, 0.05) is 5.69 Å². The molecule has 1 aliphatic rings. The quantitative estimate of drug-likeness (QED) is 0.815. The maximum Gasteiger partial charge on any atom is 0.419 e. The predicted octanol–water partition coefficient (Wildman–Crippen LogP) is 2.54. The molecule has 1 aromatic carbocycles.